The molecule has 2 aliphatic heterocycles. The Morgan fingerprint density at radius 1 is 0.667 bits per heavy atom. The first kappa shape index (κ1) is 9.82. The summed E-state index contributed by atoms with van der Waals surface area (Å²) in [6.45, 7) is 0. The van der Waals surface area contributed by atoms with Crippen molar-refractivity contribution in [3.05, 3.63) is 51.3 Å². The lowest BCUT2D eigenvalue weighted by molar-refractivity contribution is 0.112. The van der Waals surface area contributed by atoms with Crippen molar-refractivity contribution in [3.63, 3.8) is 0 Å². The molecule has 0 spiro atoms. The standard InChI is InChI=1S/C16H13N3O2/c20-15-17(6-4-2-1-3-5-6)16(21)19-14-10-7-8-11(12(8)14)13(9(7)10)18(15)19/h1-5,7-14H/t7?,8?,9-,10+,11+,12-,13?,14?. The van der Waals surface area contributed by atoms with Crippen LogP contribution in [0.4, 0.5) is 0 Å². The van der Waals surface area contributed by atoms with Gasteiger partial charge in [-0.15, -0.1) is 0 Å². The van der Waals surface area contributed by atoms with Crippen molar-refractivity contribution in [1.29, 1.82) is 0 Å². The molecule has 4 aliphatic carbocycles. The molecule has 0 radical (unpaired) electrons. The minimum atomic E-state index is -0.128. The van der Waals surface area contributed by atoms with E-state index in [-0.39, 0.29) is 11.4 Å². The van der Waals surface area contributed by atoms with Gasteiger partial charge in [-0.1, -0.05) is 18.2 Å². The highest BCUT2D eigenvalue weighted by atomic mass is 16.2. The number of rotatable bonds is 1. The molecule has 5 nitrogen and oxygen atoms in total. The Bertz CT molecular complexity index is 875. The minimum Gasteiger partial charge on any atom is -0.245 e. The van der Waals surface area contributed by atoms with Gasteiger partial charge in [0.05, 0.1) is 17.8 Å². The van der Waals surface area contributed by atoms with Crippen LogP contribution in [0.15, 0.2) is 39.9 Å². The van der Waals surface area contributed by atoms with Crippen molar-refractivity contribution >= 4 is 0 Å². The molecule has 8 rings (SSSR count). The van der Waals surface area contributed by atoms with E-state index in [2.05, 4.69) is 0 Å². The quantitative estimate of drug-likeness (QED) is 0.769. The van der Waals surface area contributed by atoms with Gasteiger partial charge in [-0.2, -0.15) is 0 Å². The van der Waals surface area contributed by atoms with E-state index in [4.69, 9.17) is 0 Å². The van der Waals surface area contributed by atoms with Crippen LogP contribution in [0.5, 0.6) is 0 Å². The van der Waals surface area contributed by atoms with Crippen molar-refractivity contribution in [2.75, 3.05) is 0 Å². The summed E-state index contributed by atoms with van der Waals surface area (Å²) in [6, 6.07) is 9.97. The summed E-state index contributed by atoms with van der Waals surface area (Å²) in [6.07, 6.45) is 0. The molecule has 3 heterocycles. The topological polar surface area (TPSA) is 48.9 Å². The first-order valence-electron chi connectivity index (χ1n) is 7.82. The lowest BCUT2D eigenvalue weighted by Crippen LogP contribution is -2.45. The van der Waals surface area contributed by atoms with E-state index in [0.29, 0.717) is 41.4 Å². The lowest BCUT2D eigenvalue weighted by atomic mass is 9.89. The molecule has 1 aromatic carbocycles. The second-order valence-corrected chi connectivity index (χ2v) is 7.37. The van der Waals surface area contributed by atoms with Crippen LogP contribution in [0, 0.1) is 35.5 Å². The van der Waals surface area contributed by atoms with E-state index in [1.807, 2.05) is 39.7 Å². The number of nitrogens with zero attached hydrogens (tertiary/aromatic N) is 3. The molecular weight excluding hydrogens is 266 g/mol. The Morgan fingerprint density at radius 2 is 1.14 bits per heavy atom. The number of hydrogen-bond donors (Lipinski definition) is 0. The molecule has 0 N–H and O–H groups in total. The van der Waals surface area contributed by atoms with Crippen molar-refractivity contribution in [2.45, 2.75) is 12.1 Å². The average Bonchev–Trinajstić information content (AvgIpc) is 3.32. The van der Waals surface area contributed by atoms with E-state index < -0.39 is 0 Å². The molecule has 4 unspecified atom stereocenters. The first-order valence-corrected chi connectivity index (χ1v) is 7.82. The molecule has 8 atom stereocenters. The van der Waals surface area contributed by atoms with Crippen molar-refractivity contribution in [2.24, 2.45) is 35.5 Å². The monoisotopic (exact) mass is 279 g/mol. The smallest absolute Gasteiger partial charge is 0.245 e. The summed E-state index contributed by atoms with van der Waals surface area (Å²) in [5.41, 5.74) is 0.434. The molecule has 2 bridgehead atoms. The Balaban J connectivity index is 1.59. The molecule has 4 saturated carbocycles. The molecule has 1 aromatic heterocycles. The van der Waals surface area contributed by atoms with Crippen molar-refractivity contribution in [1.82, 2.24) is 13.9 Å². The van der Waals surface area contributed by atoms with Crippen LogP contribution in [0.1, 0.15) is 12.1 Å². The summed E-state index contributed by atoms with van der Waals surface area (Å²) in [4.78, 5) is 25.7. The highest BCUT2D eigenvalue weighted by molar-refractivity contribution is 5.38. The van der Waals surface area contributed by atoms with Gasteiger partial charge in [0.15, 0.2) is 0 Å². The van der Waals surface area contributed by atoms with E-state index >= 15 is 0 Å². The maximum atomic E-state index is 12.9. The average molecular weight is 279 g/mol. The Kier molecular flexibility index (Phi) is 1.19. The Morgan fingerprint density at radius 3 is 1.62 bits per heavy atom. The van der Waals surface area contributed by atoms with Gasteiger partial charge < -0.3 is 0 Å². The van der Waals surface area contributed by atoms with Gasteiger partial charge in [-0.05, 0) is 47.6 Å². The zero-order chi connectivity index (χ0) is 13.6. The van der Waals surface area contributed by atoms with E-state index in [1.54, 1.807) is 0 Å². The van der Waals surface area contributed by atoms with Crippen LogP contribution in [-0.2, 0) is 0 Å². The molecule has 0 amide bonds. The van der Waals surface area contributed by atoms with Crippen LogP contribution in [0.2, 0.25) is 0 Å². The minimum absolute atomic E-state index is 0.128. The molecule has 21 heavy (non-hydrogen) atoms. The number of hydrogen-bond acceptors (Lipinski definition) is 2. The Hall–Kier alpha value is -2.04. The van der Waals surface area contributed by atoms with Gasteiger partial charge >= 0.3 is 11.4 Å². The third kappa shape index (κ3) is 0.753. The van der Waals surface area contributed by atoms with Crippen LogP contribution in [0.3, 0.4) is 0 Å². The lowest BCUT2D eigenvalue weighted by Gasteiger charge is -2.36. The van der Waals surface area contributed by atoms with Gasteiger partial charge in [0.25, 0.3) is 0 Å². The van der Waals surface area contributed by atoms with E-state index in [9.17, 15) is 9.59 Å². The van der Waals surface area contributed by atoms with Gasteiger partial charge in [0.1, 0.15) is 0 Å². The second-order valence-electron chi connectivity index (χ2n) is 7.37. The molecular formula is C16H13N3O2. The molecule has 4 fully saturated rings. The summed E-state index contributed by atoms with van der Waals surface area (Å²) in [7, 11) is 0. The first-order chi connectivity index (χ1) is 10.3. The van der Waals surface area contributed by atoms with Gasteiger partial charge in [-0.3, -0.25) is 0 Å². The van der Waals surface area contributed by atoms with Gasteiger partial charge in [0, 0.05) is 0 Å². The number of para-hydroxylation sites is 1. The van der Waals surface area contributed by atoms with E-state index in [0.717, 1.165) is 11.8 Å². The van der Waals surface area contributed by atoms with E-state index in [1.165, 1.54) is 4.57 Å². The summed E-state index contributed by atoms with van der Waals surface area (Å²) in [5, 5.41) is 0. The normalized spacial score (nSPS) is 48.4. The predicted octanol–water partition coefficient (Wildman–Crippen LogP) is 0.648. The number of aromatic nitrogens is 3. The third-order valence-corrected chi connectivity index (χ3v) is 6.99. The van der Waals surface area contributed by atoms with Gasteiger partial charge in [0.2, 0.25) is 0 Å². The maximum absolute atomic E-state index is 12.9. The fourth-order valence-corrected chi connectivity index (χ4v) is 6.59. The SMILES string of the molecule is O=c1n(-c2ccccc2)c(=O)n2n1C1[C@H]3C4C5[C@H](C2[C@H]43)[C@@H]51. The summed E-state index contributed by atoms with van der Waals surface area (Å²) < 4.78 is 5.02. The van der Waals surface area contributed by atoms with Crippen LogP contribution >= 0.6 is 0 Å². The Labute approximate surface area is 119 Å². The van der Waals surface area contributed by atoms with Crippen LogP contribution < -0.4 is 11.4 Å². The third-order valence-electron chi connectivity index (χ3n) is 6.99. The summed E-state index contributed by atoms with van der Waals surface area (Å²) in [5.74, 6) is 4.51. The molecule has 0 saturated heterocycles. The predicted molar refractivity (Wildman–Crippen MR) is 73.3 cm³/mol. The molecule has 2 aromatic rings. The van der Waals surface area contributed by atoms with Crippen molar-refractivity contribution < 1.29 is 0 Å². The zero-order valence-electron chi connectivity index (χ0n) is 11.2. The summed E-state index contributed by atoms with van der Waals surface area (Å²) >= 11 is 0. The highest BCUT2D eigenvalue weighted by Gasteiger charge is 2.90. The maximum Gasteiger partial charge on any atom is 0.352 e. The second kappa shape index (κ2) is 2.56. The fraction of sp³-hybridized carbons (Fsp3) is 0.500. The molecule has 5 heteroatoms. The molecule has 104 valence electrons. The van der Waals surface area contributed by atoms with Crippen LogP contribution in [0.25, 0.3) is 5.69 Å². The number of benzene rings is 1. The highest BCUT2D eigenvalue weighted by Crippen LogP contribution is 2.91. The molecule has 6 aliphatic rings. The van der Waals surface area contributed by atoms with Crippen LogP contribution in [-0.4, -0.2) is 13.9 Å². The largest absolute Gasteiger partial charge is 0.352 e. The fourth-order valence-electron chi connectivity index (χ4n) is 6.59. The van der Waals surface area contributed by atoms with Gasteiger partial charge in [-0.25, -0.2) is 23.5 Å². The van der Waals surface area contributed by atoms with Crippen molar-refractivity contribution in [3.8, 4) is 5.69 Å². The zero-order valence-corrected chi connectivity index (χ0v) is 11.2.